The van der Waals surface area contributed by atoms with Gasteiger partial charge in [0.25, 0.3) is 11.1 Å². The monoisotopic (exact) mass is 437 g/mol. The molecule has 3 rings (SSSR count). The number of nitrogens with one attached hydrogen (secondary N) is 1. The van der Waals surface area contributed by atoms with Gasteiger partial charge in [-0.3, -0.25) is 4.79 Å². The van der Waals surface area contributed by atoms with E-state index in [1.54, 1.807) is 25.1 Å². The predicted molar refractivity (Wildman–Crippen MR) is 109 cm³/mol. The van der Waals surface area contributed by atoms with Crippen molar-refractivity contribution in [3.63, 3.8) is 0 Å². The van der Waals surface area contributed by atoms with Crippen molar-refractivity contribution in [3.8, 4) is 5.75 Å². The molecule has 1 heterocycles. The summed E-state index contributed by atoms with van der Waals surface area (Å²) in [5, 5.41) is 12.0. The number of amides is 1. The van der Waals surface area contributed by atoms with E-state index in [-0.39, 0.29) is 11.7 Å². The van der Waals surface area contributed by atoms with Crippen molar-refractivity contribution in [1.29, 1.82) is 0 Å². The van der Waals surface area contributed by atoms with E-state index >= 15 is 0 Å². The van der Waals surface area contributed by atoms with Crippen LogP contribution in [0.25, 0.3) is 0 Å². The van der Waals surface area contributed by atoms with Gasteiger partial charge in [0, 0.05) is 11.6 Å². The van der Waals surface area contributed by atoms with Crippen LogP contribution in [0, 0.1) is 0 Å². The number of carbonyl (C=O) groups excluding carboxylic acids is 1. The summed E-state index contributed by atoms with van der Waals surface area (Å²) in [6, 6.07) is 14.6. The number of nitrogens with zero attached hydrogens (tertiary/aromatic N) is 2. The zero-order chi connectivity index (χ0) is 19.9. The molecule has 0 saturated heterocycles. The van der Waals surface area contributed by atoms with Gasteiger partial charge in [-0.25, -0.2) is 0 Å². The number of carbonyl (C=O) groups is 1. The van der Waals surface area contributed by atoms with Gasteiger partial charge in [0.15, 0.2) is 6.10 Å². The Kier molecular flexibility index (Phi) is 7.19. The third-order valence-corrected chi connectivity index (χ3v) is 4.98. The summed E-state index contributed by atoms with van der Waals surface area (Å²) in [7, 11) is 0. The minimum absolute atomic E-state index is 0.120. The molecule has 2 aromatic carbocycles. The van der Waals surface area contributed by atoms with Crippen LogP contribution in [0.3, 0.4) is 0 Å². The maximum absolute atomic E-state index is 12.0. The van der Waals surface area contributed by atoms with E-state index in [4.69, 9.17) is 32.4 Å². The van der Waals surface area contributed by atoms with Gasteiger partial charge < -0.3 is 14.5 Å². The maximum Gasteiger partial charge on any atom is 0.277 e. The second kappa shape index (κ2) is 9.82. The van der Waals surface area contributed by atoms with Crippen LogP contribution in [0.15, 0.2) is 58.2 Å². The Labute approximate surface area is 176 Å². The second-order valence-corrected chi connectivity index (χ2v) is 7.56. The number of thioether (sulfide) groups is 1. The van der Waals surface area contributed by atoms with Gasteiger partial charge in [0.2, 0.25) is 5.91 Å². The van der Waals surface area contributed by atoms with Crippen LogP contribution >= 0.6 is 35.0 Å². The molecule has 0 saturated carbocycles. The molecule has 3 aromatic rings. The topological polar surface area (TPSA) is 77.2 Å². The highest BCUT2D eigenvalue weighted by Gasteiger charge is 2.18. The molecule has 9 heteroatoms. The lowest BCUT2D eigenvalue weighted by atomic mass is 10.2. The van der Waals surface area contributed by atoms with Gasteiger partial charge in [0.05, 0.1) is 10.8 Å². The molecule has 0 unspecified atom stereocenters. The van der Waals surface area contributed by atoms with Gasteiger partial charge in [-0.15, -0.1) is 10.2 Å². The molecule has 0 fully saturated rings. The van der Waals surface area contributed by atoms with Gasteiger partial charge in [0.1, 0.15) is 5.75 Å². The van der Waals surface area contributed by atoms with Gasteiger partial charge in [-0.05, 0) is 30.7 Å². The minimum atomic E-state index is -0.507. The summed E-state index contributed by atoms with van der Waals surface area (Å²) in [4.78, 5) is 12.0. The Morgan fingerprint density at radius 1 is 1.21 bits per heavy atom. The summed E-state index contributed by atoms with van der Waals surface area (Å²) >= 11 is 13.1. The zero-order valence-corrected chi connectivity index (χ0v) is 17.2. The summed E-state index contributed by atoms with van der Waals surface area (Å²) in [5.41, 5.74) is 1.03. The quantitative estimate of drug-likeness (QED) is 0.503. The number of hydrogen-bond acceptors (Lipinski definition) is 6. The average Bonchev–Trinajstić information content (AvgIpc) is 3.17. The molecule has 0 aliphatic heterocycles. The first-order chi connectivity index (χ1) is 13.5. The van der Waals surface area contributed by atoms with E-state index in [1.165, 1.54) is 0 Å². The highest BCUT2D eigenvalue weighted by atomic mass is 35.5. The number of benzene rings is 2. The number of ether oxygens (including phenoxy) is 1. The van der Waals surface area contributed by atoms with Gasteiger partial charge in [-0.1, -0.05) is 65.3 Å². The molecule has 1 amide bonds. The molecule has 146 valence electrons. The molecule has 0 spiro atoms. The van der Waals surface area contributed by atoms with Crippen molar-refractivity contribution >= 4 is 40.9 Å². The Morgan fingerprint density at radius 3 is 2.75 bits per heavy atom. The van der Waals surface area contributed by atoms with Crippen LogP contribution in [-0.2, 0) is 11.3 Å². The van der Waals surface area contributed by atoms with Crippen LogP contribution in [0.5, 0.6) is 5.75 Å². The van der Waals surface area contributed by atoms with Crippen LogP contribution < -0.4 is 10.1 Å². The highest BCUT2D eigenvalue weighted by molar-refractivity contribution is 7.99. The smallest absolute Gasteiger partial charge is 0.277 e. The molecular weight excluding hydrogens is 421 g/mol. The lowest BCUT2D eigenvalue weighted by Gasteiger charge is -2.12. The molecular formula is C19H17Cl2N3O3S. The predicted octanol–water partition coefficient (Wildman–Crippen LogP) is 4.92. The standard InChI is InChI=1S/C19H17Cl2N3O3S/c1-12(26-16-8-7-14(20)9-15(16)21)18-23-24-19(27-18)28-11-17(25)22-10-13-5-3-2-4-6-13/h2-9,12H,10-11H2,1H3,(H,22,25)/t12-/m1/s1. The fourth-order valence-electron chi connectivity index (χ4n) is 2.23. The van der Waals surface area contributed by atoms with Crippen molar-refractivity contribution in [2.24, 2.45) is 0 Å². The SMILES string of the molecule is C[C@@H](Oc1ccc(Cl)cc1Cl)c1nnc(SCC(=O)NCc2ccccc2)o1. The van der Waals surface area contributed by atoms with E-state index < -0.39 is 6.10 Å². The van der Waals surface area contributed by atoms with Crippen LogP contribution in [0.2, 0.25) is 10.0 Å². The normalized spacial score (nSPS) is 11.8. The average molecular weight is 438 g/mol. The summed E-state index contributed by atoms with van der Waals surface area (Å²) in [6.07, 6.45) is -0.507. The third-order valence-electron chi connectivity index (χ3n) is 3.63. The Hall–Kier alpha value is -2.22. The zero-order valence-electron chi connectivity index (χ0n) is 14.9. The number of rotatable bonds is 8. The van der Waals surface area contributed by atoms with E-state index in [1.807, 2.05) is 30.3 Å². The van der Waals surface area contributed by atoms with Crippen molar-refractivity contribution < 1.29 is 13.9 Å². The molecule has 0 aliphatic carbocycles. The maximum atomic E-state index is 12.0. The Bertz CT molecular complexity index is 937. The van der Waals surface area contributed by atoms with Crippen molar-refractivity contribution in [1.82, 2.24) is 15.5 Å². The number of aromatic nitrogens is 2. The number of hydrogen-bond donors (Lipinski definition) is 1. The van der Waals surface area contributed by atoms with Crippen LogP contribution in [0.1, 0.15) is 24.5 Å². The highest BCUT2D eigenvalue weighted by Crippen LogP contribution is 2.31. The molecule has 28 heavy (non-hydrogen) atoms. The Balaban J connectivity index is 1.48. The molecule has 0 bridgehead atoms. The molecule has 1 N–H and O–H groups in total. The Morgan fingerprint density at radius 2 is 2.00 bits per heavy atom. The molecule has 1 aromatic heterocycles. The summed E-state index contributed by atoms with van der Waals surface area (Å²) < 4.78 is 11.3. The van der Waals surface area contributed by atoms with Gasteiger partial charge >= 0.3 is 0 Å². The number of halogens is 2. The first-order valence-electron chi connectivity index (χ1n) is 8.40. The molecule has 1 atom stereocenters. The minimum Gasteiger partial charge on any atom is -0.479 e. The largest absolute Gasteiger partial charge is 0.479 e. The van der Waals surface area contributed by atoms with Crippen molar-refractivity contribution in [3.05, 3.63) is 70.0 Å². The van der Waals surface area contributed by atoms with Crippen molar-refractivity contribution in [2.75, 3.05) is 5.75 Å². The lowest BCUT2D eigenvalue weighted by Crippen LogP contribution is -2.24. The molecule has 6 nitrogen and oxygen atoms in total. The fourth-order valence-corrected chi connectivity index (χ4v) is 3.28. The van der Waals surface area contributed by atoms with E-state index in [9.17, 15) is 4.79 Å². The van der Waals surface area contributed by atoms with Crippen LogP contribution in [0.4, 0.5) is 0 Å². The van der Waals surface area contributed by atoms with Gasteiger partial charge in [-0.2, -0.15) is 0 Å². The molecule has 0 aliphatic rings. The van der Waals surface area contributed by atoms with E-state index in [0.29, 0.717) is 33.5 Å². The fraction of sp³-hybridized carbons (Fsp3) is 0.211. The van der Waals surface area contributed by atoms with E-state index in [0.717, 1.165) is 17.3 Å². The first kappa shape index (κ1) is 20.5. The summed E-state index contributed by atoms with van der Waals surface area (Å²) in [6.45, 7) is 2.24. The third kappa shape index (κ3) is 5.89. The lowest BCUT2D eigenvalue weighted by molar-refractivity contribution is -0.118. The van der Waals surface area contributed by atoms with Crippen LogP contribution in [-0.4, -0.2) is 21.9 Å². The summed E-state index contributed by atoms with van der Waals surface area (Å²) in [5.74, 6) is 0.808. The second-order valence-electron chi connectivity index (χ2n) is 5.79. The van der Waals surface area contributed by atoms with Crippen molar-refractivity contribution in [2.45, 2.75) is 24.8 Å². The molecule has 0 radical (unpaired) electrons. The first-order valence-corrected chi connectivity index (χ1v) is 10.1. The van der Waals surface area contributed by atoms with E-state index in [2.05, 4.69) is 15.5 Å².